The van der Waals surface area contributed by atoms with Gasteiger partial charge in [0.25, 0.3) is 5.91 Å². The van der Waals surface area contributed by atoms with Crippen LogP contribution in [0.3, 0.4) is 0 Å². The molecule has 166 valence electrons. The number of nitrogens with zero attached hydrogens (tertiary/aromatic N) is 5. The van der Waals surface area contributed by atoms with Crippen molar-refractivity contribution in [2.45, 2.75) is 38.0 Å². The fourth-order valence-electron chi connectivity index (χ4n) is 4.76. The number of carbonyl (C=O) groups is 1. The Hall–Kier alpha value is -2.58. The number of anilines is 1. The van der Waals surface area contributed by atoms with Crippen molar-refractivity contribution >= 4 is 33.4 Å². The maximum atomic E-state index is 13.1. The molecule has 0 atom stereocenters. The molecule has 1 aliphatic carbocycles. The molecule has 0 aromatic carbocycles. The minimum atomic E-state index is 0.166. The van der Waals surface area contributed by atoms with Gasteiger partial charge in [0.2, 0.25) is 5.95 Å². The summed E-state index contributed by atoms with van der Waals surface area (Å²) in [6.07, 6.45) is 9.64. The van der Waals surface area contributed by atoms with Crippen LogP contribution < -0.4 is 10.2 Å². The van der Waals surface area contributed by atoms with E-state index in [4.69, 9.17) is 4.98 Å². The molecule has 0 radical (unpaired) electrons. The summed E-state index contributed by atoms with van der Waals surface area (Å²) in [6.45, 7) is 5.53. The van der Waals surface area contributed by atoms with Crippen LogP contribution in [-0.4, -0.2) is 65.0 Å². The first-order chi connectivity index (χ1) is 15.8. The van der Waals surface area contributed by atoms with Gasteiger partial charge < -0.3 is 15.1 Å². The first-order valence-corrected chi connectivity index (χ1v) is 12.6. The summed E-state index contributed by atoms with van der Waals surface area (Å²) in [6, 6.07) is 4.29. The quantitative estimate of drug-likeness (QED) is 0.657. The van der Waals surface area contributed by atoms with Gasteiger partial charge >= 0.3 is 0 Å². The molecule has 1 saturated carbocycles. The highest BCUT2D eigenvalue weighted by molar-refractivity contribution is 7.20. The van der Waals surface area contributed by atoms with Crippen molar-refractivity contribution < 1.29 is 4.79 Å². The van der Waals surface area contributed by atoms with Crippen LogP contribution in [0.15, 0.2) is 24.5 Å². The van der Waals surface area contributed by atoms with Crippen LogP contribution in [-0.2, 0) is 0 Å². The van der Waals surface area contributed by atoms with Crippen LogP contribution in [0.2, 0.25) is 0 Å². The molecule has 0 spiro atoms. The number of piperazine rings is 1. The maximum Gasteiger partial charge on any atom is 0.264 e. The van der Waals surface area contributed by atoms with E-state index in [0.717, 1.165) is 84.4 Å². The lowest BCUT2D eigenvalue weighted by Gasteiger charge is -2.27. The van der Waals surface area contributed by atoms with Crippen molar-refractivity contribution in [2.75, 3.05) is 44.2 Å². The SMILES string of the molecule is O=C(c1cc2c(C3CC3)cc(-c3cnc(N4CCNCC4)nc3)nc2s1)N1CCCCC1. The van der Waals surface area contributed by atoms with E-state index in [-0.39, 0.29) is 5.91 Å². The van der Waals surface area contributed by atoms with Crippen molar-refractivity contribution in [3.63, 3.8) is 0 Å². The summed E-state index contributed by atoms with van der Waals surface area (Å²) in [7, 11) is 0. The zero-order chi connectivity index (χ0) is 21.5. The lowest BCUT2D eigenvalue weighted by molar-refractivity contribution is 0.0729. The van der Waals surface area contributed by atoms with E-state index in [0.29, 0.717) is 5.92 Å². The second kappa shape index (κ2) is 8.41. The number of aromatic nitrogens is 3. The molecule has 32 heavy (non-hydrogen) atoms. The fourth-order valence-corrected chi connectivity index (χ4v) is 5.79. The van der Waals surface area contributed by atoms with E-state index < -0.39 is 0 Å². The van der Waals surface area contributed by atoms with E-state index in [2.05, 4.69) is 32.3 Å². The van der Waals surface area contributed by atoms with Crippen molar-refractivity contribution in [1.82, 2.24) is 25.2 Å². The number of piperidine rings is 1. The number of carbonyl (C=O) groups excluding carboxylic acids is 1. The molecule has 8 heteroatoms. The second-order valence-electron chi connectivity index (χ2n) is 9.06. The summed E-state index contributed by atoms with van der Waals surface area (Å²) in [5, 5.41) is 4.51. The molecule has 6 rings (SSSR count). The van der Waals surface area contributed by atoms with Crippen LogP contribution in [0.5, 0.6) is 0 Å². The van der Waals surface area contributed by atoms with Gasteiger partial charge in [-0.1, -0.05) is 0 Å². The molecule has 2 saturated heterocycles. The van der Waals surface area contributed by atoms with E-state index >= 15 is 0 Å². The molecule has 3 aromatic heterocycles. The van der Waals surface area contributed by atoms with Crippen LogP contribution in [0.1, 0.15) is 53.3 Å². The molecule has 7 nitrogen and oxygen atoms in total. The number of rotatable bonds is 4. The van der Waals surface area contributed by atoms with Crippen LogP contribution in [0.25, 0.3) is 21.5 Å². The van der Waals surface area contributed by atoms with Gasteiger partial charge in [0, 0.05) is 62.6 Å². The van der Waals surface area contributed by atoms with Gasteiger partial charge in [0.15, 0.2) is 0 Å². The van der Waals surface area contributed by atoms with Gasteiger partial charge in [-0.05, 0) is 55.7 Å². The molecule has 1 N–H and O–H groups in total. The minimum Gasteiger partial charge on any atom is -0.338 e. The third kappa shape index (κ3) is 3.86. The predicted molar refractivity (Wildman–Crippen MR) is 127 cm³/mol. The normalized spacial score (nSPS) is 19.5. The third-order valence-corrected chi connectivity index (χ3v) is 7.76. The summed E-state index contributed by atoms with van der Waals surface area (Å²) in [5.41, 5.74) is 3.17. The average Bonchev–Trinajstić information content (AvgIpc) is 3.62. The number of hydrogen-bond acceptors (Lipinski definition) is 7. The Kier molecular flexibility index (Phi) is 5.27. The smallest absolute Gasteiger partial charge is 0.264 e. The molecule has 1 amide bonds. The number of fused-ring (bicyclic) bond motifs is 1. The minimum absolute atomic E-state index is 0.166. The summed E-state index contributed by atoms with van der Waals surface area (Å²) < 4.78 is 0. The van der Waals surface area contributed by atoms with E-state index in [1.807, 2.05) is 17.3 Å². The van der Waals surface area contributed by atoms with Gasteiger partial charge in [-0.3, -0.25) is 4.79 Å². The largest absolute Gasteiger partial charge is 0.338 e. The van der Waals surface area contributed by atoms with Gasteiger partial charge in [0.05, 0.1) is 10.6 Å². The summed E-state index contributed by atoms with van der Waals surface area (Å²) in [5.74, 6) is 1.52. The zero-order valence-electron chi connectivity index (χ0n) is 18.2. The highest BCUT2D eigenvalue weighted by Crippen LogP contribution is 2.45. The maximum absolute atomic E-state index is 13.1. The molecule has 3 aromatic rings. The topological polar surface area (TPSA) is 74.2 Å². The number of hydrogen-bond donors (Lipinski definition) is 1. The van der Waals surface area contributed by atoms with E-state index in [1.54, 1.807) is 0 Å². The van der Waals surface area contributed by atoms with Gasteiger partial charge in [0.1, 0.15) is 4.83 Å². The monoisotopic (exact) mass is 448 g/mol. The number of nitrogens with one attached hydrogen (secondary N) is 1. The van der Waals surface area contributed by atoms with Crippen molar-refractivity contribution in [3.8, 4) is 11.3 Å². The van der Waals surface area contributed by atoms with Crippen LogP contribution in [0.4, 0.5) is 5.95 Å². The molecule has 2 aliphatic heterocycles. The van der Waals surface area contributed by atoms with Crippen LogP contribution >= 0.6 is 11.3 Å². The van der Waals surface area contributed by atoms with Crippen molar-refractivity contribution in [1.29, 1.82) is 0 Å². The molecule has 3 aliphatic rings. The predicted octanol–water partition coefficient (Wildman–Crippen LogP) is 3.67. The number of thiophene rings is 1. The Morgan fingerprint density at radius 3 is 2.47 bits per heavy atom. The Balaban J connectivity index is 1.33. The number of pyridine rings is 1. The Labute approximate surface area is 191 Å². The Bertz CT molecular complexity index is 1130. The van der Waals surface area contributed by atoms with Gasteiger partial charge in [-0.2, -0.15) is 0 Å². The average molecular weight is 449 g/mol. The Morgan fingerprint density at radius 2 is 1.75 bits per heavy atom. The zero-order valence-corrected chi connectivity index (χ0v) is 19.0. The number of likely N-dealkylation sites (tertiary alicyclic amines) is 1. The van der Waals surface area contributed by atoms with Crippen molar-refractivity contribution in [3.05, 3.63) is 35.0 Å². The highest BCUT2D eigenvalue weighted by Gasteiger charge is 2.29. The third-order valence-electron chi connectivity index (χ3n) is 6.74. The van der Waals surface area contributed by atoms with Gasteiger partial charge in [-0.25, -0.2) is 15.0 Å². The molecular weight excluding hydrogens is 420 g/mol. The van der Waals surface area contributed by atoms with Crippen LogP contribution in [0, 0.1) is 0 Å². The summed E-state index contributed by atoms with van der Waals surface area (Å²) in [4.78, 5) is 33.3. The Morgan fingerprint density at radius 1 is 1.00 bits per heavy atom. The molecular formula is C24H28N6OS. The lowest BCUT2D eigenvalue weighted by atomic mass is 10.0. The van der Waals surface area contributed by atoms with E-state index in [9.17, 15) is 4.79 Å². The molecule has 0 bridgehead atoms. The van der Waals surface area contributed by atoms with Crippen molar-refractivity contribution in [2.24, 2.45) is 0 Å². The standard InChI is InChI=1S/C24H28N6OS/c31-23(29-8-2-1-3-9-29)21-13-19-18(16-4-5-16)12-20(28-22(19)32-21)17-14-26-24(27-15-17)30-10-6-25-7-11-30/h12-16,25H,1-11H2. The van der Waals surface area contributed by atoms with E-state index in [1.165, 1.54) is 36.2 Å². The molecule has 3 fully saturated rings. The second-order valence-corrected chi connectivity index (χ2v) is 10.1. The highest BCUT2D eigenvalue weighted by atomic mass is 32.1. The first-order valence-electron chi connectivity index (χ1n) is 11.8. The molecule has 5 heterocycles. The lowest BCUT2D eigenvalue weighted by Crippen LogP contribution is -2.44. The summed E-state index contributed by atoms with van der Waals surface area (Å²) >= 11 is 1.53. The number of amides is 1. The molecule has 0 unspecified atom stereocenters. The first kappa shape index (κ1) is 20.1. The van der Waals surface area contributed by atoms with Gasteiger partial charge in [-0.15, -0.1) is 11.3 Å². The fraction of sp³-hybridized carbons (Fsp3) is 0.500.